The summed E-state index contributed by atoms with van der Waals surface area (Å²) in [4.78, 5) is 15.3. The zero-order valence-electron chi connectivity index (χ0n) is 16.7. The lowest BCUT2D eigenvalue weighted by Gasteiger charge is -2.28. The topological polar surface area (TPSA) is 46.3 Å². The number of hydrogen-bond donors (Lipinski definition) is 0. The quantitative estimate of drug-likeness (QED) is 0.711. The fraction of sp³-hybridized carbons (Fsp3) is 0.565. The molecule has 1 aliphatic carbocycles. The van der Waals surface area contributed by atoms with Gasteiger partial charge in [0, 0.05) is 18.5 Å². The lowest BCUT2D eigenvalue weighted by Crippen LogP contribution is -2.35. The average molecular weight is 367 g/mol. The highest BCUT2D eigenvalue weighted by atomic mass is 16.5. The second kappa shape index (κ2) is 7.59. The molecule has 3 atom stereocenters. The first kappa shape index (κ1) is 18.4. The first-order valence-electron chi connectivity index (χ1n) is 10.3. The number of aryl methyl sites for hydroxylation is 2. The van der Waals surface area contributed by atoms with E-state index >= 15 is 0 Å². The summed E-state index contributed by atoms with van der Waals surface area (Å²) >= 11 is 0. The van der Waals surface area contributed by atoms with Gasteiger partial charge in [0.05, 0.1) is 11.3 Å². The van der Waals surface area contributed by atoms with Crippen LogP contribution in [-0.4, -0.2) is 34.5 Å². The molecule has 0 bridgehead atoms. The third-order valence-electron chi connectivity index (χ3n) is 6.61. The van der Waals surface area contributed by atoms with Crippen molar-refractivity contribution in [2.24, 2.45) is 0 Å². The van der Waals surface area contributed by atoms with Gasteiger partial charge in [0.1, 0.15) is 5.76 Å². The van der Waals surface area contributed by atoms with Gasteiger partial charge in [-0.15, -0.1) is 0 Å². The van der Waals surface area contributed by atoms with Crippen molar-refractivity contribution in [1.82, 2.24) is 10.1 Å². The average Bonchev–Trinajstić information content (AvgIpc) is 3.36. The Hall–Kier alpha value is -1.94. The molecule has 0 amide bonds. The van der Waals surface area contributed by atoms with Gasteiger partial charge in [0.15, 0.2) is 5.78 Å². The van der Waals surface area contributed by atoms with Crippen LogP contribution in [0.15, 0.2) is 28.8 Å². The molecule has 0 spiro atoms. The second-order valence-corrected chi connectivity index (χ2v) is 8.43. The number of rotatable bonds is 5. The highest BCUT2D eigenvalue weighted by Gasteiger charge is 2.34. The summed E-state index contributed by atoms with van der Waals surface area (Å²) in [5.41, 5.74) is 3.81. The number of Topliss-reactive ketones (excluding diaryl/α,β-unsaturated/α-hetero) is 1. The van der Waals surface area contributed by atoms with Crippen LogP contribution in [0.5, 0.6) is 0 Å². The van der Waals surface area contributed by atoms with E-state index in [4.69, 9.17) is 4.52 Å². The van der Waals surface area contributed by atoms with Gasteiger partial charge in [0.2, 0.25) is 0 Å². The molecule has 4 heteroatoms. The standard InChI is InChI=1S/C23H30N2O2/c1-15-5-4-12-25(15)21-11-10-20(14-21)19-8-6-18(7-9-19)13-22(26)23-16(2)24-27-17(23)3/h6-9,15,20-21H,4-5,10-14H2,1-3H3/t15-,20-,21?/m0/s1. The van der Waals surface area contributed by atoms with Gasteiger partial charge in [-0.2, -0.15) is 0 Å². The maximum absolute atomic E-state index is 12.6. The number of aromatic nitrogens is 1. The minimum absolute atomic E-state index is 0.0861. The van der Waals surface area contributed by atoms with E-state index in [1.165, 1.54) is 44.2 Å². The van der Waals surface area contributed by atoms with Gasteiger partial charge in [-0.25, -0.2) is 0 Å². The molecule has 2 fully saturated rings. The number of nitrogens with zero attached hydrogens (tertiary/aromatic N) is 2. The van der Waals surface area contributed by atoms with E-state index in [1.807, 2.05) is 6.92 Å². The molecule has 144 valence electrons. The minimum Gasteiger partial charge on any atom is -0.361 e. The Bertz CT molecular complexity index is 789. The molecule has 0 N–H and O–H groups in total. The lowest BCUT2D eigenvalue weighted by atomic mass is 9.94. The van der Waals surface area contributed by atoms with Crippen LogP contribution in [0.4, 0.5) is 0 Å². The number of ketones is 1. The van der Waals surface area contributed by atoms with Gasteiger partial charge in [-0.1, -0.05) is 29.4 Å². The molecule has 2 aromatic rings. The smallest absolute Gasteiger partial charge is 0.172 e. The molecule has 1 aromatic carbocycles. The third kappa shape index (κ3) is 3.73. The zero-order chi connectivity index (χ0) is 19.0. The highest BCUT2D eigenvalue weighted by Crippen LogP contribution is 2.39. The van der Waals surface area contributed by atoms with Crippen LogP contribution in [0.1, 0.15) is 77.9 Å². The van der Waals surface area contributed by atoms with Crippen LogP contribution >= 0.6 is 0 Å². The van der Waals surface area contributed by atoms with Crippen molar-refractivity contribution in [3.63, 3.8) is 0 Å². The predicted octanol–water partition coefficient (Wildman–Crippen LogP) is 4.84. The SMILES string of the molecule is Cc1noc(C)c1C(=O)Cc1ccc([C@H]2CCC(N3CCC[C@@H]3C)C2)cc1. The number of likely N-dealkylation sites (tertiary alicyclic amines) is 1. The van der Waals surface area contributed by atoms with Crippen molar-refractivity contribution < 1.29 is 9.32 Å². The number of hydrogen-bond acceptors (Lipinski definition) is 4. The Morgan fingerprint density at radius 3 is 2.59 bits per heavy atom. The van der Waals surface area contributed by atoms with Gasteiger partial charge in [-0.3, -0.25) is 9.69 Å². The molecule has 2 heterocycles. The summed E-state index contributed by atoms with van der Waals surface area (Å²) in [6.45, 7) is 7.28. The molecule has 1 aliphatic heterocycles. The molecular weight excluding hydrogens is 336 g/mol. The summed E-state index contributed by atoms with van der Waals surface area (Å²) in [6, 6.07) is 10.2. The number of carbonyl (C=O) groups is 1. The van der Waals surface area contributed by atoms with Crippen molar-refractivity contribution in [2.45, 2.75) is 77.3 Å². The van der Waals surface area contributed by atoms with Crippen molar-refractivity contribution in [3.8, 4) is 0 Å². The Labute approximate surface area is 161 Å². The summed E-state index contributed by atoms with van der Waals surface area (Å²) < 4.78 is 5.13. The van der Waals surface area contributed by atoms with E-state index in [-0.39, 0.29) is 5.78 Å². The number of benzene rings is 1. The molecule has 2 aliphatic rings. The molecule has 27 heavy (non-hydrogen) atoms. The first-order valence-corrected chi connectivity index (χ1v) is 10.3. The molecule has 1 unspecified atom stereocenters. The Balaban J connectivity index is 1.39. The van der Waals surface area contributed by atoms with Crippen molar-refractivity contribution in [3.05, 3.63) is 52.4 Å². The first-order chi connectivity index (χ1) is 13.0. The Morgan fingerprint density at radius 2 is 1.96 bits per heavy atom. The van der Waals surface area contributed by atoms with Crippen molar-refractivity contribution in [1.29, 1.82) is 0 Å². The maximum atomic E-state index is 12.6. The lowest BCUT2D eigenvalue weighted by molar-refractivity contribution is 0.0991. The van der Waals surface area contributed by atoms with E-state index in [9.17, 15) is 4.79 Å². The van der Waals surface area contributed by atoms with Gasteiger partial charge in [-0.05, 0) is 76.5 Å². The van der Waals surface area contributed by atoms with Crippen LogP contribution < -0.4 is 0 Å². The fourth-order valence-electron chi connectivity index (χ4n) is 5.12. The van der Waals surface area contributed by atoms with E-state index in [0.717, 1.165) is 17.6 Å². The van der Waals surface area contributed by atoms with Crippen LogP contribution in [0.3, 0.4) is 0 Å². The maximum Gasteiger partial charge on any atom is 0.172 e. The monoisotopic (exact) mass is 366 g/mol. The zero-order valence-corrected chi connectivity index (χ0v) is 16.7. The van der Waals surface area contributed by atoms with Gasteiger partial charge >= 0.3 is 0 Å². The Morgan fingerprint density at radius 1 is 1.19 bits per heavy atom. The predicted molar refractivity (Wildman–Crippen MR) is 106 cm³/mol. The molecule has 4 nitrogen and oxygen atoms in total. The minimum atomic E-state index is 0.0861. The third-order valence-corrected chi connectivity index (χ3v) is 6.61. The van der Waals surface area contributed by atoms with Gasteiger partial charge in [0.25, 0.3) is 0 Å². The van der Waals surface area contributed by atoms with E-state index in [2.05, 4.69) is 41.2 Å². The van der Waals surface area contributed by atoms with Crippen LogP contribution in [0.25, 0.3) is 0 Å². The molecule has 1 aromatic heterocycles. The number of carbonyl (C=O) groups excluding carboxylic acids is 1. The van der Waals surface area contributed by atoms with Crippen LogP contribution in [-0.2, 0) is 6.42 Å². The Kier molecular flexibility index (Phi) is 5.18. The van der Waals surface area contributed by atoms with Crippen LogP contribution in [0.2, 0.25) is 0 Å². The highest BCUT2D eigenvalue weighted by molar-refractivity contribution is 5.99. The summed E-state index contributed by atoms with van der Waals surface area (Å²) in [6.07, 6.45) is 7.00. The summed E-state index contributed by atoms with van der Waals surface area (Å²) in [5.74, 6) is 1.36. The second-order valence-electron chi connectivity index (χ2n) is 8.43. The van der Waals surface area contributed by atoms with Crippen molar-refractivity contribution >= 4 is 5.78 Å². The van der Waals surface area contributed by atoms with E-state index in [0.29, 0.717) is 29.4 Å². The summed E-state index contributed by atoms with van der Waals surface area (Å²) in [5, 5.41) is 3.89. The molecule has 4 rings (SSSR count). The van der Waals surface area contributed by atoms with Crippen molar-refractivity contribution in [2.75, 3.05) is 6.54 Å². The molecular formula is C23H30N2O2. The fourth-order valence-corrected chi connectivity index (χ4v) is 5.12. The molecule has 1 saturated heterocycles. The van der Waals surface area contributed by atoms with Gasteiger partial charge < -0.3 is 4.52 Å². The van der Waals surface area contributed by atoms with E-state index < -0.39 is 0 Å². The molecule has 1 saturated carbocycles. The largest absolute Gasteiger partial charge is 0.361 e. The summed E-state index contributed by atoms with van der Waals surface area (Å²) in [7, 11) is 0. The van der Waals surface area contributed by atoms with Crippen LogP contribution in [0, 0.1) is 13.8 Å². The normalized spacial score (nSPS) is 26.0. The van der Waals surface area contributed by atoms with E-state index in [1.54, 1.807) is 6.92 Å². The molecule has 0 radical (unpaired) electrons.